The highest BCUT2D eigenvalue weighted by Gasteiger charge is 2.26. The summed E-state index contributed by atoms with van der Waals surface area (Å²) in [4.78, 5) is 1.09. The second-order valence-corrected chi connectivity index (χ2v) is 4.58. The van der Waals surface area contributed by atoms with Gasteiger partial charge in [-0.3, -0.25) is 0 Å². The van der Waals surface area contributed by atoms with Crippen LogP contribution < -0.4 is 4.74 Å². The summed E-state index contributed by atoms with van der Waals surface area (Å²) in [7, 11) is 0. The molecule has 16 heavy (non-hydrogen) atoms. The number of para-hydroxylation sites is 1. The number of thiophene rings is 1. The van der Waals surface area contributed by atoms with E-state index in [1.54, 1.807) is 11.3 Å². The van der Waals surface area contributed by atoms with Crippen LogP contribution >= 0.6 is 11.3 Å². The second kappa shape index (κ2) is 3.77. The summed E-state index contributed by atoms with van der Waals surface area (Å²) >= 11 is 1.62. The zero-order valence-corrected chi connectivity index (χ0v) is 9.28. The van der Waals surface area contributed by atoms with E-state index in [1.165, 1.54) is 0 Å². The van der Waals surface area contributed by atoms with E-state index in [2.05, 4.69) is 0 Å². The van der Waals surface area contributed by atoms with Gasteiger partial charge in [0.1, 0.15) is 17.6 Å². The lowest BCUT2D eigenvalue weighted by molar-refractivity contribution is 0.193. The Morgan fingerprint density at radius 2 is 2.06 bits per heavy atom. The highest BCUT2D eigenvalue weighted by atomic mass is 32.1. The first-order valence-electron chi connectivity index (χ1n) is 5.04. The summed E-state index contributed by atoms with van der Waals surface area (Å²) in [5.41, 5.74) is 0.838. The first kappa shape index (κ1) is 9.63. The number of aliphatic hydroxyl groups is 1. The summed E-state index contributed by atoms with van der Waals surface area (Å²) in [6.45, 7) is 0. The van der Waals surface area contributed by atoms with E-state index in [1.807, 2.05) is 47.9 Å². The van der Waals surface area contributed by atoms with Crippen molar-refractivity contribution in [1.29, 1.82) is 0 Å². The lowest BCUT2D eigenvalue weighted by Crippen LogP contribution is -1.96. The fraction of sp³-hybridized carbons (Fsp3) is 0.0769. The molecule has 3 rings (SSSR count). The number of rotatable bonds is 1. The zero-order valence-electron chi connectivity index (χ0n) is 8.46. The van der Waals surface area contributed by atoms with Gasteiger partial charge < -0.3 is 9.84 Å². The minimum Gasteiger partial charge on any atom is -0.458 e. The number of ether oxygens (including phenoxy) is 1. The van der Waals surface area contributed by atoms with Crippen LogP contribution in [-0.4, -0.2) is 5.11 Å². The second-order valence-electron chi connectivity index (χ2n) is 3.60. The van der Waals surface area contributed by atoms with Crippen molar-refractivity contribution in [2.75, 3.05) is 0 Å². The molecular formula is C13H10O2S. The van der Waals surface area contributed by atoms with Gasteiger partial charge in [-0.1, -0.05) is 24.3 Å². The van der Waals surface area contributed by atoms with Gasteiger partial charge in [0.15, 0.2) is 0 Å². The lowest BCUT2D eigenvalue weighted by atomic mass is 10.1. The lowest BCUT2D eigenvalue weighted by Gasteiger charge is -2.01. The van der Waals surface area contributed by atoms with Crippen molar-refractivity contribution in [2.24, 2.45) is 0 Å². The van der Waals surface area contributed by atoms with E-state index in [0.717, 1.165) is 16.2 Å². The molecule has 1 aliphatic rings. The predicted molar refractivity (Wildman–Crippen MR) is 64.3 cm³/mol. The Kier molecular flexibility index (Phi) is 2.27. The van der Waals surface area contributed by atoms with Crippen LogP contribution in [0.4, 0.5) is 0 Å². The molecule has 0 aliphatic carbocycles. The highest BCUT2D eigenvalue weighted by molar-refractivity contribution is 7.10. The molecule has 0 radical (unpaired) electrons. The van der Waals surface area contributed by atoms with Crippen molar-refractivity contribution in [3.63, 3.8) is 0 Å². The minimum absolute atomic E-state index is 0.601. The Morgan fingerprint density at radius 1 is 1.19 bits per heavy atom. The highest BCUT2D eigenvalue weighted by Crippen LogP contribution is 2.39. The van der Waals surface area contributed by atoms with Crippen LogP contribution in [0, 0.1) is 0 Å². The number of fused-ring (bicyclic) bond motifs is 1. The van der Waals surface area contributed by atoms with Crippen molar-refractivity contribution in [3.05, 3.63) is 58.0 Å². The van der Waals surface area contributed by atoms with Gasteiger partial charge in [0.2, 0.25) is 0 Å². The van der Waals surface area contributed by atoms with Gasteiger partial charge >= 0.3 is 0 Å². The number of aliphatic hydroxyl groups excluding tert-OH is 1. The van der Waals surface area contributed by atoms with Crippen LogP contribution in [0.2, 0.25) is 0 Å². The normalized spacial score (nSPS) is 20.8. The molecule has 0 saturated carbocycles. The molecule has 0 saturated heterocycles. The summed E-state index contributed by atoms with van der Waals surface area (Å²) in [6, 6.07) is 11.5. The maximum atomic E-state index is 10.1. The van der Waals surface area contributed by atoms with Crippen molar-refractivity contribution in [3.8, 4) is 5.75 Å². The van der Waals surface area contributed by atoms with Crippen LogP contribution in [0.15, 0.2) is 47.5 Å². The van der Waals surface area contributed by atoms with Crippen LogP contribution in [0.25, 0.3) is 6.08 Å². The van der Waals surface area contributed by atoms with E-state index in [4.69, 9.17) is 4.74 Å². The third kappa shape index (κ3) is 1.54. The number of hydrogen-bond acceptors (Lipinski definition) is 3. The Hall–Kier alpha value is -1.58. The van der Waals surface area contributed by atoms with Crippen molar-refractivity contribution in [2.45, 2.75) is 6.10 Å². The van der Waals surface area contributed by atoms with Crippen molar-refractivity contribution >= 4 is 17.4 Å². The topological polar surface area (TPSA) is 29.5 Å². The monoisotopic (exact) mass is 230 g/mol. The fourth-order valence-corrected chi connectivity index (χ4v) is 2.41. The van der Waals surface area contributed by atoms with E-state index in [9.17, 15) is 5.11 Å². The molecule has 1 aliphatic heterocycles. The average Bonchev–Trinajstić information content (AvgIpc) is 2.90. The van der Waals surface area contributed by atoms with Gasteiger partial charge in [0.25, 0.3) is 0 Å². The SMILES string of the molecule is O[C@@H]1/C(=C/c2cccs2)Oc2ccccc21. The first-order valence-corrected chi connectivity index (χ1v) is 5.92. The summed E-state index contributed by atoms with van der Waals surface area (Å²) < 4.78 is 5.61. The van der Waals surface area contributed by atoms with Gasteiger partial charge in [0.05, 0.1) is 0 Å². The van der Waals surface area contributed by atoms with Crippen LogP contribution in [-0.2, 0) is 0 Å². The molecule has 2 nitrogen and oxygen atoms in total. The molecule has 1 atom stereocenters. The van der Waals surface area contributed by atoms with Crippen molar-refractivity contribution in [1.82, 2.24) is 0 Å². The molecule has 0 spiro atoms. The van der Waals surface area contributed by atoms with Gasteiger partial charge in [-0.15, -0.1) is 11.3 Å². The van der Waals surface area contributed by atoms with E-state index >= 15 is 0 Å². The van der Waals surface area contributed by atoms with Gasteiger partial charge in [-0.05, 0) is 23.6 Å². The van der Waals surface area contributed by atoms with E-state index < -0.39 is 6.10 Å². The molecule has 2 aromatic rings. The minimum atomic E-state index is -0.640. The third-order valence-corrected chi connectivity index (χ3v) is 3.36. The third-order valence-electron chi connectivity index (χ3n) is 2.54. The molecule has 3 heteroatoms. The van der Waals surface area contributed by atoms with Gasteiger partial charge in [-0.25, -0.2) is 0 Å². The fourth-order valence-electron chi connectivity index (χ4n) is 1.76. The first-order chi connectivity index (χ1) is 7.84. The van der Waals surface area contributed by atoms with Gasteiger partial charge in [0, 0.05) is 10.4 Å². The zero-order chi connectivity index (χ0) is 11.0. The van der Waals surface area contributed by atoms with Crippen LogP contribution in [0.3, 0.4) is 0 Å². The summed E-state index contributed by atoms with van der Waals surface area (Å²) in [6.07, 6.45) is 1.24. The Balaban J connectivity index is 1.98. The Morgan fingerprint density at radius 3 is 2.81 bits per heavy atom. The quantitative estimate of drug-likeness (QED) is 0.815. The number of hydrogen-bond donors (Lipinski definition) is 1. The standard InChI is InChI=1S/C13H10O2S/c14-13-10-5-1-2-6-11(10)15-12(13)8-9-4-3-7-16-9/h1-8,13-14H/b12-8-/t13-/m0/s1. The molecule has 0 fully saturated rings. The molecule has 80 valence electrons. The molecule has 2 heterocycles. The largest absolute Gasteiger partial charge is 0.458 e. The van der Waals surface area contributed by atoms with Crippen molar-refractivity contribution < 1.29 is 9.84 Å². The molecule has 1 aromatic heterocycles. The molecule has 0 bridgehead atoms. The van der Waals surface area contributed by atoms with Gasteiger partial charge in [-0.2, -0.15) is 0 Å². The molecule has 0 amide bonds. The van der Waals surface area contributed by atoms with Crippen LogP contribution in [0.1, 0.15) is 16.5 Å². The predicted octanol–water partition coefficient (Wildman–Crippen LogP) is 3.22. The summed E-state index contributed by atoms with van der Waals surface area (Å²) in [5, 5.41) is 12.1. The Labute approximate surface area is 97.4 Å². The van der Waals surface area contributed by atoms with E-state index in [0.29, 0.717) is 5.76 Å². The maximum absolute atomic E-state index is 10.1. The maximum Gasteiger partial charge on any atom is 0.140 e. The van der Waals surface area contributed by atoms with E-state index in [-0.39, 0.29) is 0 Å². The number of benzene rings is 1. The average molecular weight is 230 g/mol. The molecular weight excluding hydrogens is 220 g/mol. The molecule has 1 aromatic carbocycles. The summed E-state index contributed by atoms with van der Waals surface area (Å²) in [5.74, 6) is 1.35. The Bertz CT molecular complexity index is 529. The molecule has 1 N–H and O–H groups in total. The molecule has 0 unspecified atom stereocenters. The smallest absolute Gasteiger partial charge is 0.140 e. The van der Waals surface area contributed by atoms with Crippen LogP contribution in [0.5, 0.6) is 5.75 Å².